The Morgan fingerprint density at radius 1 is 1.00 bits per heavy atom. The van der Waals surface area contributed by atoms with E-state index >= 15 is 0 Å². The molecule has 0 radical (unpaired) electrons. The Balaban J connectivity index is 5.25. The van der Waals surface area contributed by atoms with Crippen molar-refractivity contribution < 1.29 is 23.6 Å². The molecule has 0 fully saturated rings. The van der Waals surface area contributed by atoms with Gasteiger partial charge in [0.2, 0.25) is 0 Å². The van der Waals surface area contributed by atoms with Crippen molar-refractivity contribution in [2.24, 2.45) is 0 Å². The Kier molecular flexibility index (Phi) is 9.86. The average Bonchev–Trinajstić information content (AvgIpc) is 2.45. The Hall–Kier alpha value is -0.610. The molecule has 5 nitrogen and oxygen atoms in total. The molecular weight excluding hydrogens is 279 g/mol. The standard InChI is InChI=1S/C14H26O5P/c1-6-9-17-14(18-10-7-2,19-11-8-3)20(16)13(15)12(4)5/h4,6-11H2,1-3,5H3/q+1. The molecule has 0 aliphatic carbocycles. The van der Waals surface area contributed by atoms with Crippen LogP contribution in [0.5, 0.6) is 0 Å². The fourth-order valence-electron chi connectivity index (χ4n) is 1.29. The molecule has 20 heavy (non-hydrogen) atoms. The molecule has 6 heteroatoms. The maximum Gasteiger partial charge on any atom is 0.520 e. The first-order chi connectivity index (χ1) is 9.45. The van der Waals surface area contributed by atoms with Crippen molar-refractivity contribution in [1.29, 1.82) is 0 Å². The monoisotopic (exact) mass is 305 g/mol. The zero-order valence-corrected chi connectivity index (χ0v) is 13.8. The summed E-state index contributed by atoms with van der Waals surface area (Å²) in [4.78, 5) is 12.0. The van der Waals surface area contributed by atoms with E-state index in [2.05, 4.69) is 6.58 Å². The molecule has 0 rings (SSSR count). The average molecular weight is 305 g/mol. The van der Waals surface area contributed by atoms with Crippen molar-refractivity contribution in [3.8, 4) is 0 Å². The summed E-state index contributed by atoms with van der Waals surface area (Å²) >= 11 is 0. The van der Waals surface area contributed by atoms with E-state index in [0.717, 1.165) is 0 Å². The lowest BCUT2D eigenvalue weighted by atomic mass is 10.4. The first kappa shape index (κ1) is 19.4. The lowest BCUT2D eigenvalue weighted by molar-refractivity contribution is -0.322. The van der Waals surface area contributed by atoms with Crippen LogP contribution in [0, 0.1) is 0 Å². The van der Waals surface area contributed by atoms with E-state index in [1.54, 1.807) is 0 Å². The molecule has 116 valence electrons. The SMILES string of the molecule is C=C(C)C(=O)[P+](=O)C(OCCC)(OCCC)OCCC. The normalized spacial score (nSPS) is 12.3. The van der Waals surface area contributed by atoms with Crippen molar-refractivity contribution in [2.75, 3.05) is 19.8 Å². The Morgan fingerprint density at radius 2 is 1.35 bits per heavy atom. The van der Waals surface area contributed by atoms with E-state index in [0.29, 0.717) is 39.1 Å². The maximum absolute atomic E-state index is 12.5. The minimum absolute atomic E-state index is 0.204. The van der Waals surface area contributed by atoms with Gasteiger partial charge in [-0.3, -0.25) is 14.2 Å². The molecule has 0 bridgehead atoms. The highest BCUT2D eigenvalue weighted by Crippen LogP contribution is 2.45. The van der Waals surface area contributed by atoms with Gasteiger partial charge in [0.25, 0.3) is 0 Å². The van der Waals surface area contributed by atoms with Crippen molar-refractivity contribution in [2.45, 2.75) is 52.7 Å². The van der Waals surface area contributed by atoms with E-state index in [1.165, 1.54) is 6.92 Å². The molecule has 0 spiro atoms. The Labute approximate surface area is 122 Å². The summed E-state index contributed by atoms with van der Waals surface area (Å²) < 4.78 is 29.1. The van der Waals surface area contributed by atoms with Crippen LogP contribution < -0.4 is 0 Å². The van der Waals surface area contributed by atoms with E-state index < -0.39 is 19.0 Å². The number of ether oxygens (including phenoxy) is 3. The van der Waals surface area contributed by atoms with Gasteiger partial charge in [-0.15, -0.1) is 0 Å². The lowest BCUT2D eigenvalue weighted by Crippen LogP contribution is -2.38. The molecule has 0 aromatic carbocycles. The van der Waals surface area contributed by atoms with Gasteiger partial charge in [-0.25, -0.2) is 4.79 Å². The van der Waals surface area contributed by atoms with Crippen LogP contribution in [-0.2, 0) is 23.6 Å². The summed E-state index contributed by atoms with van der Waals surface area (Å²) in [6.07, 6.45) is 2.12. The second-order valence-corrected chi connectivity index (χ2v) is 5.99. The lowest BCUT2D eigenvalue weighted by Gasteiger charge is -2.22. The summed E-state index contributed by atoms with van der Waals surface area (Å²) in [7, 11) is -2.52. The number of carbonyl (C=O) groups is 1. The number of carbonyl (C=O) groups excluding carboxylic acids is 1. The van der Waals surface area contributed by atoms with Crippen LogP contribution >= 0.6 is 7.80 Å². The fraction of sp³-hybridized carbons (Fsp3) is 0.786. The highest BCUT2D eigenvalue weighted by atomic mass is 31.1. The minimum atomic E-state index is -2.52. The first-order valence-electron chi connectivity index (χ1n) is 7.04. The summed E-state index contributed by atoms with van der Waals surface area (Å²) in [5, 5.41) is 0. The topological polar surface area (TPSA) is 61.8 Å². The van der Waals surface area contributed by atoms with Crippen molar-refractivity contribution in [3.63, 3.8) is 0 Å². The molecular formula is C14H26O5P+. The maximum atomic E-state index is 12.5. The number of rotatable bonds is 12. The molecule has 0 aliphatic rings. The first-order valence-corrected chi connectivity index (χ1v) is 8.30. The second kappa shape index (κ2) is 10.2. The molecule has 0 saturated carbocycles. The van der Waals surface area contributed by atoms with Crippen LogP contribution in [0.4, 0.5) is 0 Å². The summed E-state index contributed by atoms with van der Waals surface area (Å²) in [6.45, 7) is 11.7. The van der Waals surface area contributed by atoms with Gasteiger partial charge in [0.1, 0.15) is 0 Å². The zero-order chi connectivity index (χ0) is 15.6. The molecule has 0 amide bonds. The summed E-state index contributed by atoms with van der Waals surface area (Å²) in [5.41, 5.74) is -2.16. The highest BCUT2D eigenvalue weighted by Gasteiger charge is 2.59. The molecule has 0 aromatic rings. The van der Waals surface area contributed by atoms with Crippen molar-refractivity contribution in [3.05, 3.63) is 12.2 Å². The molecule has 0 aliphatic heterocycles. The number of hydrogen-bond acceptors (Lipinski definition) is 5. The highest BCUT2D eigenvalue weighted by molar-refractivity contribution is 7.65. The van der Waals surface area contributed by atoms with E-state index in [4.69, 9.17) is 14.2 Å². The Morgan fingerprint density at radius 3 is 1.60 bits per heavy atom. The van der Waals surface area contributed by atoms with Gasteiger partial charge in [0, 0.05) is 5.57 Å². The van der Waals surface area contributed by atoms with Crippen LogP contribution in [0.25, 0.3) is 0 Å². The van der Waals surface area contributed by atoms with Crippen LogP contribution in [0.1, 0.15) is 47.0 Å². The van der Waals surface area contributed by atoms with E-state index in [1.807, 2.05) is 20.8 Å². The predicted octanol–water partition coefficient (Wildman–Crippen LogP) is 3.81. The van der Waals surface area contributed by atoms with Crippen LogP contribution in [-0.4, -0.2) is 31.1 Å². The van der Waals surface area contributed by atoms with Gasteiger partial charge in [-0.1, -0.05) is 31.9 Å². The van der Waals surface area contributed by atoms with Gasteiger partial charge in [-0.2, -0.15) is 0 Å². The number of allylic oxidation sites excluding steroid dienone is 1. The molecule has 0 heterocycles. The van der Waals surface area contributed by atoms with Crippen LogP contribution in [0.15, 0.2) is 12.2 Å². The molecule has 1 unspecified atom stereocenters. The molecule has 1 atom stereocenters. The number of hydrogen-bond donors (Lipinski definition) is 0. The van der Waals surface area contributed by atoms with Crippen LogP contribution in [0.3, 0.4) is 0 Å². The molecule has 0 aromatic heterocycles. The van der Waals surface area contributed by atoms with Gasteiger partial charge in [-0.05, 0) is 26.2 Å². The second-order valence-electron chi connectivity index (χ2n) is 4.45. The van der Waals surface area contributed by atoms with E-state index in [9.17, 15) is 9.36 Å². The van der Waals surface area contributed by atoms with Crippen LogP contribution in [0.2, 0.25) is 0 Å². The molecule has 0 saturated heterocycles. The van der Waals surface area contributed by atoms with E-state index in [-0.39, 0.29) is 5.57 Å². The zero-order valence-electron chi connectivity index (χ0n) is 12.9. The third-order valence-corrected chi connectivity index (χ3v) is 3.90. The van der Waals surface area contributed by atoms with Crippen molar-refractivity contribution >= 4 is 13.3 Å². The Bertz CT molecular complexity index is 319. The summed E-state index contributed by atoms with van der Waals surface area (Å²) in [6, 6.07) is 0. The van der Waals surface area contributed by atoms with Gasteiger partial charge in [0.15, 0.2) is 0 Å². The third kappa shape index (κ3) is 5.80. The van der Waals surface area contributed by atoms with Crippen molar-refractivity contribution in [1.82, 2.24) is 0 Å². The van der Waals surface area contributed by atoms with Gasteiger partial charge in [0.05, 0.1) is 19.8 Å². The van der Waals surface area contributed by atoms with Gasteiger partial charge < -0.3 is 0 Å². The van der Waals surface area contributed by atoms with Gasteiger partial charge >= 0.3 is 19.0 Å². The summed E-state index contributed by atoms with van der Waals surface area (Å²) in [5.74, 6) is 0. The molecule has 0 N–H and O–H groups in total. The largest absolute Gasteiger partial charge is 0.520 e. The fourth-order valence-corrected chi connectivity index (χ4v) is 2.51. The minimum Gasteiger partial charge on any atom is -0.285 e. The quantitative estimate of drug-likeness (QED) is 0.312. The third-order valence-electron chi connectivity index (χ3n) is 2.26. The smallest absolute Gasteiger partial charge is 0.285 e. The predicted molar refractivity (Wildman–Crippen MR) is 78.9 cm³/mol.